The molecule has 3 amide bonds. The Labute approximate surface area is 214 Å². The number of rotatable bonds is 6. The van der Waals surface area contributed by atoms with E-state index in [0.29, 0.717) is 22.7 Å². The lowest BCUT2D eigenvalue weighted by Gasteiger charge is -2.18. The quantitative estimate of drug-likeness (QED) is 0.426. The molecule has 0 aliphatic carbocycles. The lowest BCUT2D eigenvalue weighted by atomic mass is 10.0. The van der Waals surface area contributed by atoms with Crippen molar-refractivity contribution in [2.24, 2.45) is 0 Å². The number of imide groups is 1. The van der Waals surface area contributed by atoms with Crippen LogP contribution in [0, 0.1) is 27.7 Å². The fourth-order valence-corrected chi connectivity index (χ4v) is 4.46. The van der Waals surface area contributed by atoms with E-state index in [1.807, 2.05) is 45.9 Å². The van der Waals surface area contributed by atoms with Crippen LogP contribution >= 0.6 is 11.6 Å². The highest BCUT2D eigenvalue weighted by Crippen LogP contribution is 2.36. The van der Waals surface area contributed by atoms with E-state index in [0.717, 1.165) is 32.8 Å². The number of nitrogens with zero attached hydrogens (tertiary/aromatic N) is 1. The molecule has 0 unspecified atom stereocenters. The summed E-state index contributed by atoms with van der Waals surface area (Å²) in [5, 5.41) is 5.65. The Morgan fingerprint density at radius 1 is 0.889 bits per heavy atom. The number of amides is 3. The normalized spacial score (nSPS) is 13.3. The Bertz CT molecular complexity index is 1420. The number of nitrogens with one attached hydrogen (secondary N) is 2. The Morgan fingerprint density at radius 2 is 1.58 bits per heavy atom. The molecule has 184 valence electrons. The number of benzene rings is 3. The minimum atomic E-state index is -0.660. The smallest absolute Gasteiger partial charge is 0.283 e. The molecule has 0 atom stereocenters. The maximum absolute atomic E-state index is 13.2. The minimum Gasteiger partial charge on any atom is -0.495 e. The predicted molar refractivity (Wildman–Crippen MR) is 142 cm³/mol. The number of anilines is 3. The average molecular weight is 504 g/mol. The largest absolute Gasteiger partial charge is 0.495 e. The lowest BCUT2D eigenvalue weighted by Crippen LogP contribution is -2.32. The van der Waals surface area contributed by atoms with Gasteiger partial charge in [0.05, 0.1) is 12.8 Å². The van der Waals surface area contributed by atoms with Crippen LogP contribution in [0.3, 0.4) is 0 Å². The number of hydrogen-bond donors (Lipinski definition) is 2. The summed E-state index contributed by atoms with van der Waals surface area (Å²) in [5.74, 6) is -1.20. The third kappa shape index (κ3) is 4.70. The van der Waals surface area contributed by atoms with Gasteiger partial charge in [-0.25, -0.2) is 4.90 Å². The third-order valence-corrected chi connectivity index (χ3v) is 6.26. The van der Waals surface area contributed by atoms with E-state index in [9.17, 15) is 14.4 Å². The Hall–Kier alpha value is -4.10. The zero-order valence-electron chi connectivity index (χ0n) is 20.7. The molecule has 3 aromatic carbocycles. The van der Waals surface area contributed by atoms with E-state index in [4.69, 9.17) is 16.3 Å². The van der Waals surface area contributed by atoms with Gasteiger partial charge in [-0.05, 0) is 74.7 Å². The summed E-state index contributed by atoms with van der Waals surface area (Å²) in [5.41, 5.74) is 5.70. The van der Waals surface area contributed by atoms with E-state index in [1.54, 1.807) is 36.4 Å². The first-order valence-electron chi connectivity index (χ1n) is 11.3. The molecule has 0 saturated carbocycles. The zero-order chi connectivity index (χ0) is 26.1. The van der Waals surface area contributed by atoms with Crippen molar-refractivity contribution in [3.63, 3.8) is 0 Å². The molecule has 0 fully saturated rings. The first-order valence-corrected chi connectivity index (χ1v) is 11.7. The van der Waals surface area contributed by atoms with E-state index in [1.165, 1.54) is 7.11 Å². The molecular formula is C28H26ClN3O4. The second-order valence-corrected chi connectivity index (χ2v) is 9.12. The van der Waals surface area contributed by atoms with Crippen LogP contribution in [0.1, 0.15) is 32.6 Å². The van der Waals surface area contributed by atoms with E-state index < -0.39 is 11.8 Å². The SMILES string of the molecule is COc1ccc(C)cc1N1C(=O)C(Cl)=C(Nc2cccc(C(=O)Nc3c(C)cc(C)cc3C)c2)C1=O. The molecule has 0 aromatic heterocycles. The van der Waals surface area contributed by atoms with Crippen molar-refractivity contribution < 1.29 is 19.1 Å². The van der Waals surface area contributed by atoms with Gasteiger partial charge in [0.25, 0.3) is 17.7 Å². The van der Waals surface area contributed by atoms with Gasteiger partial charge in [0.15, 0.2) is 0 Å². The molecule has 1 aliphatic rings. The van der Waals surface area contributed by atoms with Crippen LogP contribution in [-0.4, -0.2) is 24.8 Å². The molecule has 1 aliphatic heterocycles. The van der Waals surface area contributed by atoms with Crippen LogP contribution in [0.5, 0.6) is 5.75 Å². The molecule has 0 radical (unpaired) electrons. The summed E-state index contributed by atoms with van der Waals surface area (Å²) >= 11 is 6.30. The number of hydrogen-bond acceptors (Lipinski definition) is 5. The second-order valence-electron chi connectivity index (χ2n) is 8.74. The molecule has 1 heterocycles. The third-order valence-electron chi connectivity index (χ3n) is 5.91. The van der Waals surface area contributed by atoms with E-state index in [-0.39, 0.29) is 16.6 Å². The summed E-state index contributed by atoms with van der Waals surface area (Å²) in [6.45, 7) is 7.74. The summed E-state index contributed by atoms with van der Waals surface area (Å²) < 4.78 is 5.34. The second kappa shape index (κ2) is 9.87. The monoisotopic (exact) mass is 503 g/mol. The van der Waals surface area contributed by atoms with Gasteiger partial charge in [-0.15, -0.1) is 0 Å². The molecule has 4 rings (SSSR count). The summed E-state index contributed by atoms with van der Waals surface area (Å²) in [4.78, 5) is 40.1. The van der Waals surface area contributed by atoms with Gasteiger partial charge >= 0.3 is 0 Å². The number of halogens is 1. The first kappa shape index (κ1) is 25.0. The standard InChI is InChI=1S/C28H26ClN3O4/c1-15-9-10-22(36-5)21(13-15)32-27(34)23(29)25(28(32)35)30-20-8-6-7-19(14-20)26(33)31-24-17(3)11-16(2)12-18(24)4/h6-14,30H,1-5H3,(H,31,33). The van der Waals surface area contributed by atoms with E-state index in [2.05, 4.69) is 10.6 Å². The van der Waals surface area contributed by atoms with Crippen molar-refractivity contribution in [3.05, 3.63) is 93.1 Å². The molecule has 36 heavy (non-hydrogen) atoms. The number of carbonyl (C=O) groups is 3. The average Bonchev–Trinajstić information content (AvgIpc) is 3.04. The van der Waals surface area contributed by atoms with Gasteiger partial charge in [-0.1, -0.05) is 41.4 Å². The zero-order valence-corrected chi connectivity index (χ0v) is 21.4. The van der Waals surface area contributed by atoms with Gasteiger partial charge in [0.2, 0.25) is 0 Å². The number of ether oxygens (including phenoxy) is 1. The van der Waals surface area contributed by atoms with Crippen LogP contribution in [0.2, 0.25) is 0 Å². The molecule has 0 spiro atoms. The molecule has 0 saturated heterocycles. The lowest BCUT2D eigenvalue weighted by molar-refractivity contribution is -0.120. The summed E-state index contributed by atoms with van der Waals surface area (Å²) in [6.07, 6.45) is 0. The summed E-state index contributed by atoms with van der Waals surface area (Å²) in [7, 11) is 1.46. The topological polar surface area (TPSA) is 87.7 Å². The molecule has 0 bridgehead atoms. The van der Waals surface area contributed by atoms with Crippen molar-refractivity contribution in [1.82, 2.24) is 0 Å². The minimum absolute atomic E-state index is 0.0759. The maximum Gasteiger partial charge on any atom is 0.283 e. The van der Waals surface area contributed by atoms with Gasteiger partial charge in [-0.2, -0.15) is 0 Å². The first-order chi connectivity index (χ1) is 17.1. The summed E-state index contributed by atoms with van der Waals surface area (Å²) in [6, 6.07) is 15.8. The Kier molecular flexibility index (Phi) is 6.86. The fourth-order valence-electron chi connectivity index (χ4n) is 4.25. The number of methoxy groups -OCH3 is 1. The molecular weight excluding hydrogens is 478 g/mol. The number of carbonyl (C=O) groups excluding carboxylic acids is 3. The predicted octanol–water partition coefficient (Wildman–Crippen LogP) is 5.62. The number of aryl methyl sites for hydroxylation is 4. The van der Waals surface area contributed by atoms with Crippen molar-refractivity contribution in [2.75, 3.05) is 22.6 Å². The van der Waals surface area contributed by atoms with Crippen LogP contribution in [0.25, 0.3) is 0 Å². The highest BCUT2D eigenvalue weighted by molar-refractivity contribution is 6.53. The molecule has 3 aromatic rings. The van der Waals surface area contributed by atoms with Gasteiger partial charge in [0.1, 0.15) is 16.5 Å². The van der Waals surface area contributed by atoms with Gasteiger partial charge in [0, 0.05) is 16.9 Å². The van der Waals surface area contributed by atoms with Crippen molar-refractivity contribution in [3.8, 4) is 5.75 Å². The van der Waals surface area contributed by atoms with E-state index >= 15 is 0 Å². The molecule has 7 nitrogen and oxygen atoms in total. The van der Waals surface area contributed by atoms with Crippen molar-refractivity contribution >= 4 is 46.4 Å². The molecule has 8 heteroatoms. The van der Waals surface area contributed by atoms with Crippen molar-refractivity contribution in [2.45, 2.75) is 27.7 Å². The highest BCUT2D eigenvalue weighted by Gasteiger charge is 2.40. The van der Waals surface area contributed by atoms with Crippen molar-refractivity contribution in [1.29, 1.82) is 0 Å². The van der Waals surface area contributed by atoms with Gasteiger partial charge in [-0.3, -0.25) is 14.4 Å². The Morgan fingerprint density at radius 3 is 2.25 bits per heavy atom. The van der Waals surface area contributed by atoms with Crippen LogP contribution in [0.15, 0.2) is 65.3 Å². The Balaban J connectivity index is 1.58. The highest BCUT2D eigenvalue weighted by atomic mass is 35.5. The van der Waals surface area contributed by atoms with Crippen LogP contribution < -0.4 is 20.3 Å². The fraction of sp³-hybridized carbons (Fsp3) is 0.179. The van der Waals surface area contributed by atoms with Crippen LogP contribution in [0.4, 0.5) is 17.1 Å². The van der Waals surface area contributed by atoms with Gasteiger partial charge < -0.3 is 15.4 Å². The maximum atomic E-state index is 13.2. The van der Waals surface area contributed by atoms with Crippen LogP contribution in [-0.2, 0) is 9.59 Å². The molecule has 2 N–H and O–H groups in total.